The lowest BCUT2D eigenvalue weighted by molar-refractivity contribution is 0.291. The zero-order valence-electron chi connectivity index (χ0n) is 11.5. The number of rotatable bonds is 2. The molecule has 0 amide bonds. The maximum atomic E-state index is 12.6. The van der Waals surface area contributed by atoms with E-state index in [9.17, 15) is 8.42 Å². The third-order valence-electron chi connectivity index (χ3n) is 3.73. The standard InChI is InChI=1S/C14H18N2O2S/c1-11-9-13(6-5-12(11)10-15)19(17,18)16-8-4-7-14(16,2)3/h5-6,9H,4,7-8H2,1-3H3. The molecule has 2 rings (SSSR count). The summed E-state index contributed by atoms with van der Waals surface area (Å²) in [5, 5.41) is 8.90. The van der Waals surface area contributed by atoms with Crippen LogP contribution in [0.25, 0.3) is 0 Å². The Labute approximate surface area is 114 Å². The van der Waals surface area contributed by atoms with Gasteiger partial charge in [0.05, 0.1) is 16.5 Å². The van der Waals surface area contributed by atoms with Crippen LogP contribution in [0.5, 0.6) is 0 Å². The van der Waals surface area contributed by atoms with Crippen LogP contribution in [0, 0.1) is 18.3 Å². The van der Waals surface area contributed by atoms with E-state index >= 15 is 0 Å². The van der Waals surface area contributed by atoms with E-state index in [4.69, 9.17) is 5.26 Å². The second kappa shape index (κ2) is 4.62. The van der Waals surface area contributed by atoms with Gasteiger partial charge in [-0.05, 0) is 57.4 Å². The number of hydrogen-bond acceptors (Lipinski definition) is 3. The van der Waals surface area contributed by atoms with E-state index in [0.29, 0.717) is 17.7 Å². The van der Waals surface area contributed by atoms with Crippen molar-refractivity contribution in [2.45, 2.75) is 44.0 Å². The lowest BCUT2D eigenvalue weighted by Gasteiger charge is -2.30. The average molecular weight is 278 g/mol. The van der Waals surface area contributed by atoms with Gasteiger partial charge in [-0.3, -0.25) is 0 Å². The summed E-state index contributed by atoms with van der Waals surface area (Å²) in [6.07, 6.45) is 1.77. The molecule has 0 N–H and O–H groups in total. The fourth-order valence-corrected chi connectivity index (χ4v) is 4.51. The minimum atomic E-state index is -3.47. The first-order valence-corrected chi connectivity index (χ1v) is 7.77. The highest BCUT2D eigenvalue weighted by molar-refractivity contribution is 7.89. The summed E-state index contributed by atoms with van der Waals surface area (Å²) in [6, 6.07) is 6.73. The van der Waals surface area contributed by atoms with Crippen molar-refractivity contribution in [3.63, 3.8) is 0 Å². The Bertz CT molecular complexity index is 642. The highest BCUT2D eigenvalue weighted by Gasteiger charge is 2.40. The molecule has 0 aliphatic carbocycles. The van der Waals surface area contributed by atoms with Crippen LogP contribution in [0.3, 0.4) is 0 Å². The highest BCUT2D eigenvalue weighted by atomic mass is 32.2. The second-order valence-corrected chi connectivity index (χ2v) is 7.44. The molecule has 1 aliphatic heterocycles. The molecule has 0 radical (unpaired) electrons. The molecule has 1 fully saturated rings. The van der Waals surface area contributed by atoms with Crippen molar-refractivity contribution in [3.8, 4) is 6.07 Å². The third kappa shape index (κ3) is 2.38. The number of sulfonamides is 1. The van der Waals surface area contributed by atoms with E-state index in [-0.39, 0.29) is 10.4 Å². The van der Waals surface area contributed by atoms with Crippen LogP contribution >= 0.6 is 0 Å². The minimum Gasteiger partial charge on any atom is -0.207 e. The second-order valence-electron chi connectivity index (χ2n) is 5.58. The fourth-order valence-electron chi connectivity index (χ4n) is 2.58. The summed E-state index contributed by atoms with van der Waals surface area (Å²) in [5.74, 6) is 0. The van der Waals surface area contributed by atoms with Gasteiger partial charge < -0.3 is 0 Å². The Morgan fingerprint density at radius 2 is 2.05 bits per heavy atom. The molecule has 1 aromatic carbocycles. The summed E-state index contributed by atoms with van der Waals surface area (Å²) < 4.78 is 26.9. The summed E-state index contributed by atoms with van der Waals surface area (Å²) in [4.78, 5) is 0.277. The van der Waals surface area contributed by atoms with Gasteiger partial charge in [-0.1, -0.05) is 0 Å². The number of aryl methyl sites for hydroxylation is 1. The van der Waals surface area contributed by atoms with Crippen molar-refractivity contribution in [1.82, 2.24) is 4.31 Å². The SMILES string of the molecule is Cc1cc(S(=O)(=O)N2CCCC2(C)C)ccc1C#N. The molecule has 0 aromatic heterocycles. The van der Waals surface area contributed by atoms with Gasteiger partial charge in [0, 0.05) is 12.1 Å². The van der Waals surface area contributed by atoms with Gasteiger partial charge in [-0.2, -0.15) is 9.57 Å². The summed E-state index contributed by atoms with van der Waals surface area (Å²) >= 11 is 0. The average Bonchev–Trinajstić information content (AvgIpc) is 2.69. The highest BCUT2D eigenvalue weighted by Crippen LogP contribution is 2.34. The fraction of sp³-hybridized carbons (Fsp3) is 0.500. The smallest absolute Gasteiger partial charge is 0.207 e. The zero-order valence-corrected chi connectivity index (χ0v) is 12.3. The summed E-state index contributed by atoms with van der Waals surface area (Å²) in [6.45, 7) is 6.23. The van der Waals surface area contributed by atoms with Crippen molar-refractivity contribution in [3.05, 3.63) is 29.3 Å². The molecule has 4 nitrogen and oxygen atoms in total. The monoisotopic (exact) mass is 278 g/mol. The number of hydrogen-bond donors (Lipinski definition) is 0. The van der Waals surface area contributed by atoms with Gasteiger partial charge in [0.25, 0.3) is 0 Å². The first-order valence-electron chi connectivity index (χ1n) is 6.33. The van der Waals surface area contributed by atoms with E-state index in [0.717, 1.165) is 12.8 Å². The van der Waals surface area contributed by atoms with Gasteiger partial charge >= 0.3 is 0 Å². The van der Waals surface area contributed by atoms with Gasteiger partial charge in [-0.15, -0.1) is 0 Å². The van der Waals surface area contributed by atoms with E-state index < -0.39 is 10.0 Å². The van der Waals surface area contributed by atoms with Gasteiger partial charge in [0.2, 0.25) is 10.0 Å². The van der Waals surface area contributed by atoms with Crippen LogP contribution in [0.1, 0.15) is 37.8 Å². The van der Waals surface area contributed by atoms with Crippen LogP contribution in [-0.2, 0) is 10.0 Å². The quantitative estimate of drug-likeness (QED) is 0.834. The Hall–Kier alpha value is -1.38. The van der Waals surface area contributed by atoms with Crippen molar-refractivity contribution < 1.29 is 8.42 Å². The van der Waals surface area contributed by atoms with Crippen LogP contribution in [0.4, 0.5) is 0 Å². The first-order chi connectivity index (χ1) is 8.79. The Morgan fingerprint density at radius 3 is 2.53 bits per heavy atom. The molecule has 19 heavy (non-hydrogen) atoms. The van der Waals surface area contributed by atoms with Crippen molar-refractivity contribution >= 4 is 10.0 Å². The van der Waals surface area contributed by atoms with Crippen molar-refractivity contribution in [2.75, 3.05) is 6.54 Å². The lowest BCUT2D eigenvalue weighted by Crippen LogP contribution is -2.42. The molecule has 0 saturated carbocycles. The number of nitrogens with zero attached hydrogens (tertiary/aromatic N) is 2. The molecule has 1 aliphatic rings. The minimum absolute atomic E-state index is 0.277. The molecular formula is C14H18N2O2S. The molecule has 0 atom stereocenters. The van der Waals surface area contributed by atoms with Gasteiger partial charge in [-0.25, -0.2) is 8.42 Å². The number of benzene rings is 1. The molecule has 0 unspecified atom stereocenters. The molecule has 1 aromatic rings. The first kappa shape index (κ1) is 14.0. The van der Waals surface area contributed by atoms with E-state index in [2.05, 4.69) is 6.07 Å². The van der Waals surface area contributed by atoms with Crippen LogP contribution < -0.4 is 0 Å². The summed E-state index contributed by atoms with van der Waals surface area (Å²) in [5.41, 5.74) is 0.876. The maximum Gasteiger partial charge on any atom is 0.243 e. The Kier molecular flexibility index (Phi) is 3.41. The molecule has 0 spiro atoms. The van der Waals surface area contributed by atoms with Gasteiger partial charge in [0.15, 0.2) is 0 Å². The molecule has 5 heteroatoms. The van der Waals surface area contributed by atoms with Crippen molar-refractivity contribution in [2.24, 2.45) is 0 Å². The third-order valence-corrected chi connectivity index (χ3v) is 5.84. The lowest BCUT2D eigenvalue weighted by atomic mass is 10.0. The topological polar surface area (TPSA) is 61.2 Å². The molecule has 1 saturated heterocycles. The Morgan fingerprint density at radius 1 is 1.37 bits per heavy atom. The van der Waals surface area contributed by atoms with Crippen LogP contribution in [-0.4, -0.2) is 24.8 Å². The van der Waals surface area contributed by atoms with E-state index in [1.807, 2.05) is 13.8 Å². The van der Waals surface area contributed by atoms with E-state index in [1.54, 1.807) is 23.4 Å². The number of nitriles is 1. The van der Waals surface area contributed by atoms with Crippen LogP contribution in [0.2, 0.25) is 0 Å². The van der Waals surface area contributed by atoms with Crippen molar-refractivity contribution in [1.29, 1.82) is 5.26 Å². The maximum absolute atomic E-state index is 12.6. The van der Waals surface area contributed by atoms with Crippen LogP contribution in [0.15, 0.2) is 23.1 Å². The molecule has 1 heterocycles. The zero-order chi connectivity index (χ0) is 14.3. The molecule has 0 bridgehead atoms. The van der Waals surface area contributed by atoms with Gasteiger partial charge in [0.1, 0.15) is 0 Å². The normalized spacial score (nSPS) is 19.3. The molecular weight excluding hydrogens is 260 g/mol. The summed E-state index contributed by atoms with van der Waals surface area (Å²) in [7, 11) is -3.47. The predicted molar refractivity (Wildman–Crippen MR) is 73.1 cm³/mol. The molecule has 102 valence electrons. The largest absolute Gasteiger partial charge is 0.243 e. The van der Waals surface area contributed by atoms with E-state index in [1.165, 1.54) is 6.07 Å². The predicted octanol–water partition coefficient (Wildman–Crippen LogP) is 2.43. The Balaban J connectivity index is 2.46.